The van der Waals surface area contributed by atoms with E-state index in [0.717, 1.165) is 27.3 Å². The number of hydrogen-bond acceptors (Lipinski definition) is 4. The summed E-state index contributed by atoms with van der Waals surface area (Å²) in [5.41, 5.74) is 3.29. The first-order valence-corrected chi connectivity index (χ1v) is 7.35. The molecule has 3 aromatic rings. The van der Waals surface area contributed by atoms with Gasteiger partial charge in [0.15, 0.2) is 0 Å². The van der Waals surface area contributed by atoms with Gasteiger partial charge in [-0.1, -0.05) is 6.07 Å². The van der Waals surface area contributed by atoms with Crippen molar-refractivity contribution in [1.29, 1.82) is 0 Å². The highest BCUT2D eigenvalue weighted by Crippen LogP contribution is 2.28. The first-order valence-electron chi connectivity index (χ1n) is 6.47. The van der Waals surface area contributed by atoms with E-state index < -0.39 is 0 Å². The Bertz CT molecular complexity index is 787. The molecule has 0 aliphatic heterocycles. The molecule has 6 heteroatoms. The molecule has 0 amide bonds. The Balaban J connectivity index is 1.96. The number of rotatable bonds is 4. The van der Waals surface area contributed by atoms with Crippen LogP contribution in [0.4, 0.5) is 0 Å². The van der Waals surface area contributed by atoms with Gasteiger partial charge in [0.1, 0.15) is 11.1 Å². The number of imidazole rings is 1. The minimum absolute atomic E-state index is 0.00884. The summed E-state index contributed by atoms with van der Waals surface area (Å²) in [4.78, 5) is 21.4. The number of H-pyrrole nitrogens is 2. The molecule has 20 heavy (non-hydrogen) atoms. The van der Waals surface area contributed by atoms with Crippen LogP contribution in [0.25, 0.3) is 22.3 Å². The monoisotopic (exact) mass is 289 g/mol. The van der Waals surface area contributed by atoms with Crippen LogP contribution in [0.1, 0.15) is 25.0 Å². The Hall–Kier alpha value is -1.92. The van der Waals surface area contributed by atoms with E-state index in [4.69, 9.17) is 4.74 Å². The van der Waals surface area contributed by atoms with Gasteiger partial charge in [0, 0.05) is 17.6 Å². The van der Waals surface area contributed by atoms with E-state index in [1.165, 1.54) is 0 Å². The van der Waals surface area contributed by atoms with Crippen molar-refractivity contribution in [3.8, 4) is 11.3 Å². The fraction of sp³-hybridized carbons (Fsp3) is 0.286. The van der Waals surface area contributed by atoms with Crippen molar-refractivity contribution in [1.82, 2.24) is 15.0 Å². The van der Waals surface area contributed by atoms with E-state index in [1.807, 2.05) is 37.4 Å². The van der Waals surface area contributed by atoms with E-state index in [-0.39, 0.29) is 11.8 Å². The number of fused-ring (bicyclic) bond motifs is 1. The third kappa shape index (κ3) is 2.39. The summed E-state index contributed by atoms with van der Waals surface area (Å²) in [6.45, 7) is 4.65. The van der Waals surface area contributed by atoms with Gasteiger partial charge in [0.25, 0.3) is 0 Å². The second-order valence-electron chi connectivity index (χ2n) is 4.51. The molecule has 0 spiro atoms. The first kappa shape index (κ1) is 13.1. The Labute approximate surface area is 119 Å². The summed E-state index contributed by atoms with van der Waals surface area (Å²) in [6.07, 6.45) is 0.00884. The van der Waals surface area contributed by atoms with Crippen LogP contribution in [-0.2, 0) is 4.74 Å². The van der Waals surface area contributed by atoms with Crippen molar-refractivity contribution in [2.24, 2.45) is 0 Å². The third-order valence-corrected chi connectivity index (χ3v) is 4.10. The minimum Gasteiger partial charge on any atom is -0.372 e. The average molecular weight is 289 g/mol. The number of aromatic nitrogens is 3. The van der Waals surface area contributed by atoms with Crippen LogP contribution in [0.2, 0.25) is 0 Å². The second-order valence-corrected chi connectivity index (χ2v) is 5.40. The molecule has 104 valence electrons. The molecule has 0 aliphatic carbocycles. The molecule has 0 saturated heterocycles. The summed E-state index contributed by atoms with van der Waals surface area (Å²) in [6, 6.07) is 5.77. The molecule has 0 bridgehead atoms. The zero-order chi connectivity index (χ0) is 14.1. The number of benzene rings is 1. The van der Waals surface area contributed by atoms with Crippen LogP contribution < -0.4 is 5.69 Å². The zero-order valence-corrected chi connectivity index (χ0v) is 12.1. The van der Waals surface area contributed by atoms with Crippen LogP contribution in [-0.4, -0.2) is 21.6 Å². The van der Waals surface area contributed by atoms with Crippen LogP contribution in [0, 0.1) is 0 Å². The van der Waals surface area contributed by atoms with Gasteiger partial charge in [-0.05, 0) is 26.0 Å². The Kier molecular flexibility index (Phi) is 3.42. The Morgan fingerprint density at radius 1 is 1.35 bits per heavy atom. The third-order valence-electron chi connectivity index (χ3n) is 3.10. The fourth-order valence-corrected chi connectivity index (χ4v) is 2.95. The first-order chi connectivity index (χ1) is 9.67. The Morgan fingerprint density at radius 2 is 2.15 bits per heavy atom. The lowest BCUT2D eigenvalue weighted by Crippen LogP contribution is -1.99. The summed E-state index contributed by atoms with van der Waals surface area (Å²) in [7, 11) is 0. The van der Waals surface area contributed by atoms with E-state index >= 15 is 0 Å². The predicted octanol–water partition coefficient (Wildman–Crippen LogP) is 3.08. The highest BCUT2D eigenvalue weighted by Gasteiger charge is 2.12. The van der Waals surface area contributed by atoms with E-state index in [2.05, 4.69) is 15.0 Å². The van der Waals surface area contributed by atoms with Gasteiger partial charge in [-0.2, -0.15) is 0 Å². The number of thiazole rings is 1. The summed E-state index contributed by atoms with van der Waals surface area (Å²) in [5, 5.41) is 2.97. The zero-order valence-electron chi connectivity index (χ0n) is 11.3. The van der Waals surface area contributed by atoms with Gasteiger partial charge in [-0.3, -0.25) is 0 Å². The molecular formula is C14H15N3O2S. The van der Waals surface area contributed by atoms with Gasteiger partial charge in [-0.25, -0.2) is 9.78 Å². The number of ether oxygens (including phenoxy) is 1. The summed E-state index contributed by atoms with van der Waals surface area (Å²) in [5.74, 6) is 0. The lowest BCUT2D eigenvalue weighted by atomic mass is 10.1. The molecule has 2 aromatic heterocycles. The largest absolute Gasteiger partial charge is 0.372 e. The molecule has 2 heterocycles. The van der Waals surface area contributed by atoms with Crippen molar-refractivity contribution in [2.75, 3.05) is 6.61 Å². The van der Waals surface area contributed by atoms with Gasteiger partial charge >= 0.3 is 5.69 Å². The van der Waals surface area contributed by atoms with Gasteiger partial charge < -0.3 is 14.7 Å². The molecule has 0 aliphatic rings. The van der Waals surface area contributed by atoms with Crippen LogP contribution >= 0.6 is 11.3 Å². The maximum atomic E-state index is 11.3. The van der Waals surface area contributed by atoms with Crippen molar-refractivity contribution >= 4 is 22.4 Å². The number of nitrogens with zero attached hydrogens (tertiary/aromatic N) is 1. The number of aromatic amines is 2. The van der Waals surface area contributed by atoms with Crippen molar-refractivity contribution in [2.45, 2.75) is 20.0 Å². The number of nitrogens with one attached hydrogen (secondary N) is 2. The molecule has 0 radical (unpaired) electrons. The van der Waals surface area contributed by atoms with E-state index in [9.17, 15) is 4.79 Å². The average Bonchev–Trinajstić information content (AvgIpc) is 3.02. The van der Waals surface area contributed by atoms with E-state index in [0.29, 0.717) is 6.61 Å². The maximum Gasteiger partial charge on any atom is 0.323 e. The van der Waals surface area contributed by atoms with Crippen LogP contribution in [0.15, 0.2) is 28.4 Å². The van der Waals surface area contributed by atoms with E-state index in [1.54, 1.807) is 11.3 Å². The molecule has 2 N–H and O–H groups in total. The van der Waals surface area contributed by atoms with Gasteiger partial charge in [-0.15, -0.1) is 11.3 Å². The fourth-order valence-electron chi connectivity index (χ4n) is 2.12. The highest BCUT2D eigenvalue weighted by molar-refractivity contribution is 7.10. The minimum atomic E-state index is -0.193. The topological polar surface area (TPSA) is 70.8 Å². The van der Waals surface area contributed by atoms with Gasteiger partial charge in [0.2, 0.25) is 0 Å². The highest BCUT2D eigenvalue weighted by atomic mass is 32.1. The Morgan fingerprint density at radius 3 is 2.95 bits per heavy atom. The molecule has 5 nitrogen and oxygen atoms in total. The molecule has 0 saturated carbocycles. The molecule has 0 fully saturated rings. The smallest absolute Gasteiger partial charge is 0.323 e. The summed E-state index contributed by atoms with van der Waals surface area (Å²) < 4.78 is 5.55. The van der Waals surface area contributed by atoms with Crippen LogP contribution in [0.5, 0.6) is 0 Å². The quantitative estimate of drug-likeness (QED) is 0.775. The predicted molar refractivity (Wildman–Crippen MR) is 80.1 cm³/mol. The SMILES string of the molecule is CCO[C@H](C)c1nc(-c2ccc3[nH]c(=O)[nH]c3c2)cs1. The number of hydrogen-bond donors (Lipinski definition) is 2. The maximum absolute atomic E-state index is 11.3. The molecular weight excluding hydrogens is 274 g/mol. The standard InChI is InChI=1S/C14H15N3O2S/c1-3-19-8(2)13-15-12(7-20-13)9-4-5-10-11(6-9)17-14(18)16-10/h4-8H,3H2,1-2H3,(H2,16,17,18)/t8-/m1/s1. The normalized spacial score (nSPS) is 12.9. The molecule has 1 aromatic carbocycles. The molecule has 3 rings (SSSR count). The lowest BCUT2D eigenvalue weighted by Gasteiger charge is -2.06. The van der Waals surface area contributed by atoms with Crippen LogP contribution in [0.3, 0.4) is 0 Å². The van der Waals surface area contributed by atoms with Crippen molar-refractivity contribution in [3.05, 3.63) is 39.1 Å². The lowest BCUT2D eigenvalue weighted by molar-refractivity contribution is 0.0762. The van der Waals surface area contributed by atoms with Crippen molar-refractivity contribution in [3.63, 3.8) is 0 Å². The molecule has 1 atom stereocenters. The van der Waals surface area contributed by atoms with Gasteiger partial charge in [0.05, 0.1) is 16.7 Å². The van der Waals surface area contributed by atoms with Crippen molar-refractivity contribution < 1.29 is 4.74 Å². The summed E-state index contributed by atoms with van der Waals surface area (Å²) >= 11 is 1.59. The second kappa shape index (κ2) is 5.22. The molecule has 0 unspecified atom stereocenters.